The maximum absolute atomic E-state index is 13.6. The number of fused-ring (bicyclic) bond motifs is 1. The molecule has 0 saturated heterocycles. The van der Waals surface area contributed by atoms with Crippen LogP contribution in [0.5, 0.6) is 0 Å². The van der Waals surface area contributed by atoms with E-state index in [9.17, 15) is 18.7 Å². The molecule has 0 aliphatic heterocycles. The van der Waals surface area contributed by atoms with Gasteiger partial charge in [-0.15, -0.1) is 0 Å². The Labute approximate surface area is 150 Å². The minimum Gasteiger partial charge on any atom is -0.394 e. The molecule has 1 atom stereocenters. The second-order valence-corrected chi connectivity index (χ2v) is 6.12. The molecule has 3 rings (SSSR count). The third-order valence-corrected chi connectivity index (χ3v) is 4.35. The van der Waals surface area contributed by atoms with Gasteiger partial charge in [0.2, 0.25) is 5.91 Å². The van der Waals surface area contributed by atoms with Crippen molar-refractivity contribution in [1.29, 1.82) is 0 Å². The molecular formula is C21H19F2NO2. The van der Waals surface area contributed by atoms with Crippen LogP contribution in [0.15, 0.2) is 60.7 Å². The van der Waals surface area contributed by atoms with Gasteiger partial charge in [-0.3, -0.25) is 4.79 Å². The smallest absolute Gasteiger partial charge is 0.220 e. The fraction of sp³-hybridized carbons (Fsp3) is 0.190. The third kappa shape index (κ3) is 4.06. The van der Waals surface area contributed by atoms with Crippen molar-refractivity contribution in [3.8, 4) is 0 Å². The maximum atomic E-state index is 13.6. The summed E-state index contributed by atoms with van der Waals surface area (Å²) >= 11 is 0. The minimum absolute atomic E-state index is 0.00442. The number of benzene rings is 3. The molecule has 1 amide bonds. The molecule has 0 aromatic heterocycles. The van der Waals surface area contributed by atoms with Gasteiger partial charge in [-0.25, -0.2) is 8.78 Å². The van der Waals surface area contributed by atoms with E-state index in [1.54, 1.807) is 0 Å². The molecule has 5 heteroatoms. The Morgan fingerprint density at radius 3 is 2.54 bits per heavy atom. The molecule has 3 nitrogen and oxygen atoms in total. The molecule has 0 bridgehead atoms. The SMILES string of the molecule is O=C(CCc1cccc(F)c1F)N[C@@H](CO)c1ccc2ccccc2c1. The van der Waals surface area contributed by atoms with Crippen LogP contribution in [0.25, 0.3) is 10.8 Å². The zero-order valence-electron chi connectivity index (χ0n) is 14.1. The van der Waals surface area contributed by atoms with Crippen molar-refractivity contribution in [2.45, 2.75) is 18.9 Å². The number of aryl methyl sites for hydroxylation is 1. The second-order valence-electron chi connectivity index (χ2n) is 6.12. The summed E-state index contributed by atoms with van der Waals surface area (Å²) in [6.07, 6.45) is 0.0930. The number of nitrogens with one attached hydrogen (secondary N) is 1. The Morgan fingerprint density at radius 1 is 1.00 bits per heavy atom. The zero-order valence-corrected chi connectivity index (χ0v) is 14.1. The summed E-state index contributed by atoms with van der Waals surface area (Å²) in [7, 11) is 0. The number of hydrogen-bond acceptors (Lipinski definition) is 2. The van der Waals surface area contributed by atoms with E-state index in [2.05, 4.69) is 5.32 Å². The number of aliphatic hydroxyl groups excluding tert-OH is 1. The van der Waals surface area contributed by atoms with Gasteiger partial charge in [-0.2, -0.15) is 0 Å². The van der Waals surface area contributed by atoms with Crippen LogP contribution in [0.4, 0.5) is 8.78 Å². The van der Waals surface area contributed by atoms with E-state index in [4.69, 9.17) is 0 Å². The molecule has 3 aromatic rings. The van der Waals surface area contributed by atoms with E-state index < -0.39 is 17.7 Å². The van der Waals surface area contributed by atoms with Gasteiger partial charge < -0.3 is 10.4 Å². The molecule has 0 aliphatic rings. The molecule has 0 fully saturated rings. The van der Waals surface area contributed by atoms with Crippen molar-refractivity contribution in [2.75, 3.05) is 6.61 Å². The first-order valence-corrected chi connectivity index (χ1v) is 8.40. The normalized spacial score (nSPS) is 12.1. The average Bonchev–Trinajstić information content (AvgIpc) is 2.67. The van der Waals surface area contributed by atoms with Crippen LogP contribution in [0.3, 0.4) is 0 Å². The lowest BCUT2D eigenvalue weighted by atomic mass is 10.0. The van der Waals surface area contributed by atoms with E-state index in [1.165, 1.54) is 12.1 Å². The highest BCUT2D eigenvalue weighted by Gasteiger charge is 2.15. The number of carbonyl (C=O) groups excluding carboxylic acids is 1. The summed E-state index contributed by atoms with van der Waals surface area (Å²) < 4.78 is 26.9. The van der Waals surface area contributed by atoms with Gasteiger partial charge in [0, 0.05) is 6.42 Å². The Balaban J connectivity index is 1.66. The molecule has 0 aliphatic carbocycles. The van der Waals surface area contributed by atoms with Crippen LogP contribution in [0.1, 0.15) is 23.6 Å². The molecule has 0 saturated carbocycles. The first-order valence-electron chi connectivity index (χ1n) is 8.40. The Hall–Kier alpha value is -2.79. The number of rotatable bonds is 6. The molecule has 26 heavy (non-hydrogen) atoms. The molecule has 134 valence electrons. The van der Waals surface area contributed by atoms with Crippen LogP contribution in [0, 0.1) is 11.6 Å². The van der Waals surface area contributed by atoms with E-state index in [0.29, 0.717) is 0 Å². The van der Waals surface area contributed by atoms with E-state index in [1.807, 2.05) is 42.5 Å². The van der Waals surface area contributed by atoms with E-state index in [0.717, 1.165) is 22.4 Å². The lowest BCUT2D eigenvalue weighted by Crippen LogP contribution is -2.31. The molecule has 0 spiro atoms. The highest BCUT2D eigenvalue weighted by atomic mass is 19.2. The Kier molecular flexibility index (Phi) is 5.58. The number of halogens is 2. The van der Waals surface area contributed by atoms with Crippen molar-refractivity contribution in [1.82, 2.24) is 5.32 Å². The highest BCUT2D eigenvalue weighted by molar-refractivity contribution is 5.83. The summed E-state index contributed by atoms with van der Waals surface area (Å²) in [5, 5.41) is 14.5. The summed E-state index contributed by atoms with van der Waals surface area (Å²) in [5.74, 6) is -2.18. The van der Waals surface area contributed by atoms with Crippen molar-refractivity contribution < 1.29 is 18.7 Å². The molecule has 0 radical (unpaired) electrons. The highest BCUT2D eigenvalue weighted by Crippen LogP contribution is 2.21. The fourth-order valence-corrected chi connectivity index (χ4v) is 2.92. The van der Waals surface area contributed by atoms with Crippen LogP contribution in [0.2, 0.25) is 0 Å². The lowest BCUT2D eigenvalue weighted by Gasteiger charge is -2.17. The van der Waals surface area contributed by atoms with E-state index >= 15 is 0 Å². The van der Waals surface area contributed by atoms with Gasteiger partial charge in [-0.1, -0.05) is 48.5 Å². The first-order chi connectivity index (χ1) is 12.6. The molecule has 3 aromatic carbocycles. The van der Waals surface area contributed by atoms with E-state index in [-0.39, 0.29) is 30.9 Å². The summed E-state index contributed by atoms with van der Waals surface area (Å²) in [6.45, 7) is -0.252. The number of aliphatic hydroxyl groups is 1. The summed E-state index contributed by atoms with van der Waals surface area (Å²) in [4.78, 5) is 12.2. The van der Waals surface area contributed by atoms with Crippen LogP contribution < -0.4 is 5.32 Å². The average molecular weight is 355 g/mol. The fourth-order valence-electron chi connectivity index (χ4n) is 2.92. The third-order valence-electron chi connectivity index (χ3n) is 4.35. The first kappa shape index (κ1) is 18.0. The minimum atomic E-state index is -0.924. The topological polar surface area (TPSA) is 49.3 Å². The standard InChI is InChI=1S/C21H19F2NO2/c22-18-7-3-6-15(21(18)23)10-11-20(26)24-19(13-25)17-9-8-14-4-1-2-5-16(14)12-17/h1-9,12,19,25H,10-11,13H2,(H,24,26)/t19-/m0/s1. The molecule has 2 N–H and O–H groups in total. The lowest BCUT2D eigenvalue weighted by molar-refractivity contribution is -0.122. The molecular weight excluding hydrogens is 336 g/mol. The monoisotopic (exact) mass is 355 g/mol. The van der Waals surface area contributed by atoms with Crippen LogP contribution >= 0.6 is 0 Å². The maximum Gasteiger partial charge on any atom is 0.220 e. The van der Waals surface area contributed by atoms with Crippen molar-refractivity contribution in [3.05, 3.63) is 83.4 Å². The van der Waals surface area contributed by atoms with Gasteiger partial charge in [-0.05, 0) is 40.5 Å². The van der Waals surface area contributed by atoms with Crippen molar-refractivity contribution in [2.24, 2.45) is 0 Å². The van der Waals surface area contributed by atoms with Crippen molar-refractivity contribution in [3.63, 3.8) is 0 Å². The van der Waals surface area contributed by atoms with Gasteiger partial charge in [0.1, 0.15) is 0 Å². The number of carbonyl (C=O) groups is 1. The van der Waals surface area contributed by atoms with Gasteiger partial charge >= 0.3 is 0 Å². The predicted molar refractivity (Wildman–Crippen MR) is 96.6 cm³/mol. The van der Waals surface area contributed by atoms with Crippen LogP contribution in [-0.4, -0.2) is 17.6 Å². The second kappa shape index (κ2) is 8.06. The molecule has 0 heterocycles. The van der Waals surface area contributed by atoms with Crippen LogP contribution in [-0.2, 0) is 11.2 Å². The van der Waals surface area contributed by atoms with Gasteiger partial charge in [0.05, 0.1) is 12.6 Å². The Morgan fingerprint density at radius 2 is 1.77 bits per heavy atom. The van der Waals surface area contributed by atoms with Crippen molar-refractivity contribution >= 4 is 16.7 Å². The quantitative estimate of drug-likeness (QED) is 0.705. The number of amides is 1. The zero-order chi connectivity index (χ0) is 18.5. The van der Waals surface area contributed by atoms with Gasteiger partial charge in [0.15, 0.2) is 11.6 Å². The number of hydrogen-bond donors (Lipinski definition) is 2. The summed E-state index contributed by atoms with van der Waals surface area (Å²) in [6, 6.07) is 16.9. The largest absolute Gasteiger partial charge is 0.394 e. The summed E-state index contributed by atoms with van der Waals surface area (Å²) in [5.41, 5.74) is 0.947. The molecule has 0 unspecified atom stereocenters. The predicted octanol–water partition coefficient (Wildman–Crippen LogP) is 3.90. The van der Waals surface area contributed by atoms with Gasteiger partial charge in [0.25, 0.3) is 0 Å². The Bertz CT molecular complexity index is 927.